The third-order valence-corrected chi connectivity index (χ3v) is 5.56. The van der Waals surface area contributed by atoms with E-state index in [-0.39, 0.29) is 11.5 Å². The van der Waals surface area contributed by atoms with Crippen molar-refractivity contribution in [1.82, 2.24) is 9.80 Å². The molecule has 2 fully saturated rings. The number of carbonyl (C=O) groups excluding carboxylic acids is 1. The van der Waals surface area contributed by atoms with Crippen molar-refractivity contribution in [3.63, 3.8) is 0 Å². The summed E-state index contributed by atoms with van der Waals surface area (Å²) < 4.78 is 0. The number of nitrogens with zero attached hydrogens (tertiary/aromatic N) is 2. The molecular weight excluding hydrogens is 272 g/mol. The molecule has 0 bridgehead atoms. The Morgan fingerprint density at radius 3 is 2.59 bits per heavy atom. The zero-order chi connectivity index (χ0) is 15.6. The predicted octanol–water partition coefficient (Wildman–Crippen LogP) is 3.04. The highest BCUT2D eigenvalue weighted by Crippen LogP contribution is 2.44. The van der Waals surface area contributed by atoms with E-state index in [0.717, 1.165) is 45.3 Å². The quantitative estimate of drug-likeness (QED) is 0.798. The van der Waals surface area contributed by atoms with Crippen LogP contribution in [0.5, 0.6) is 0 Å². The molecule has 1 aromatic rings. The molecule has 1 spiro atoms. The molecule has 3 rings (SSSR count). The van der Waals surface area contributed by atoms with Crippen molar-refractivity contribution in [3.05, 3.63) is 48.6 Å². The van der Waals surface area contributed by atoms with E-state index in [0.29, 0.717) is 5.91 Å². The van der Waals surface area contributed by atoms with Gasteiger partial charge in [-0.15, -0.1) is 6.58 Å². The third-order valence-electron chi connectivity index (χ3n) is 5.56. The summed E-state index contributed by atoms with van der Waals surface area (Å²) >= 11 is 0. The SMILES string of the molecule is C=CCCN1CCC2(CC1)C[C@@H](c1ccccc1)C(=O)N2C. The molecule has 3 heteroatoms. The fourth-order valence-corrected chi connectivity index (χ4v) is 4.02. The predicted molar refractivity (Wildman–Crippen MR) is 89.8 cm³/mol. The van der Waals surface area contributed by atoms with Gasteiger partial charge in [-0.25, -0.2) is 0 Å². The fourth-order valence-electron chi connectivity index (χ4n) is 4.02. The van der Waals surface area contributed by atoms with Crippen LogP contribution in [0.2, 0.25) is 0 Å². The Balaban J connectivity index is 1.71. The molecule has 0 N–H and O–H groups in total. The van der Waals surface area contributed by atoms with Gasteiger partial charge in [0.25, 0.3) is 0 Å². The monoisotopic (exact) mass is 298 g/mol. The van der Waals surface area contributed by atoms with Gasteiger partial charge in [0.1, 0.15) is 0 Å². The van der Waals surface area contributed by atoms with Crippen molar-refractivity contribution < 1.29 is 4.79 Å². The number of carbonyl (C=O) groups is 1. The highest BCUT2D eigenvalue weighted by molar-refractivity contribution is 5.87. The molecule has 1 amide bonds. The van der Waals surface area contributed by atoms with Crippen LogP contribution >= 0.6 is 0 Å². The van der Waals surface area contributed by atoms with Gasteiger partial charge < -0.3 is 9.80 Å². The first-order valence-electron chi connectivity index (χ1n) is 8.32. The lowest BCUT2D eigenvalue weighted by molar-refractivity contribution is -0.131. The van der Waals surface area contributed by atoms with Crippen molar-refractivity contribution in [3.8, 4) is 0 Å². The Bertz CT molecular complexity index is 532. The van der Waals surface area contributed by atoms with E-state index in [1.807, 2.05) is 31.3 Å². The number of amides is 1. The highest BCUT2D eigenvalue weighted by Gasteiger charge is 2.50. The maximum atomic E-state index is 12.7. The maximum absolute atomic E-state index is 12.7. The minimum atomic E-state index is 0.0472. The number of hydrogen-bond donors (Lipinski definition) is 0. The molecule has 0 unspecified atom stereocenters. The average Bonchev–Trinajstić information content (AvgIpc) is 2.81. The highest BCUT2D eigenvalue weighted by atomic mass is 16.2. The van der Waals surface area contributed by atoms with E-state index in [1.165, 1.54) is 5.56 Å². The fraction of sp³-hybridized carbons (Fsp3) is 0.526. The van der Waals surface area contributed by atoms with Crippen LogP contribution in [0.15, 0.2) is 43.0 Å². The van der Waals surface area contributed by atoms with Gasteiger partial charge in [0.15, 0.2) is 0 Å². The number of hydrogen-bond acceptors (Lipinski definition) is 2. The van der Waals surface area contributed by atoms with Crippen LogP contribution in [0.3, 0.4) is 0 Å². The molecule has 1 aromatic carbocycles. The van der Waals surface area contributed by atoms with Gasteiger partial charge in [0, 0.05) is 32.2 Å². The van der Waals surface area contributed by atoms with Crippen LogP contribution in [0.4, 0.5) is 0 Å². The van der Waals surface area contributed by atoms with Crippen LogP contribution < -0.4 is 0 Å². The number of rotatable bonds is 4. The van der Waals surface area contributed by atoms with E-state index in [9.17, 15) is 4.79 Å². The van der Waals surface area contributed by atoms with E-state index >= 15 is 0 Å². The van der Waals surface area contributed by atoms with E-state index in [2.05, 4.69) is 28.5 Å². The lowest BCUT2D eigenvalue weighted by Crippen LogP contribution is -2.51. The van der Waals surface area contributed by atoms with E-state index in [4.69, 9.17) is 0 Å². The Morgan fingerprint density at radius 2 is 1.95 bits per heavy atom. The largest absolute Gasteiger partial charge is 0.339 e. The maximum Gasteiger partial charge on any atom is 0.230 e. The molecule has 2 aliphatic rings. The second-order valence-electron chi connectivity index (χ2n) is 6.71. The minimum absolute atomic E-state index is 0.0472. The summed E-state index contributed by atoms with van der Waals surface area (Å²) in [6.07, 6.45) is 6.20. The van der Waals surface area contributed by atoms with Crippen LogP contribution in [0.25, 0.3) is 0 Å². The number of benzene rings is 1. The van der Waals surface area contributed by atoms with Gasteiger partial charge >= 0.3 is 0 Å². The van der Waals surface area contributed by atoms with E-state index < -0.39 is 0 Å². The topological polar surface area (TPSA) is 23.6 Å². The Morgan fingerprint density at radius 1 is 1.27 bits per heavy atom. The smallest absolute Gasteiger partial charge is 0.230 e. The molecule has 2 aliphatic heterocycles. The second kappa shape index (κ2) is 6.25. The van der Waals surface area contributed by atoms with Crippen molar-refractivity contribution in [1.29, 1.82) is 0 Å². The Kier molecular flexibility index (Phi) is 4.34. The van der Waals surface area contributed by atoms with Gasteiger partial charge in [-0.3, -0.25) is 4.79 Å². The summed E-state index contributed by atoms with van der Waals surface area (Å²) in [6.45, 7) is 7.08. The molecular formula is C19H26N2O. The van der Waals surface area contributed by atoms with Gasteiger partial charge in [0.05, 0.1) is 5.92 Å². The van der Waals surface area contributed by atoms with Crippen molar-refractivity contribution in [2.45, 2.75) is 37.1 Å². The zero-order valence-electron chi connectivity index (χ0n) is 13.5. The molecule has 0 radical (unpaired) electrons. The van der Waals surface area contributed by atoms with Crippen LogP contribution in [-0.4, -0.2) is 47.9 Å². The van der Waals surface area contributed by atoms with Crippen molar-refractivity contribution in [2.75, 3.05) is 26.7 Å². The lowest BCUT2D eigenvalue weighted by Gasteiger charge is -2.43. The summed E-state index contributed by atoms with van der Waals surface area (Å²) in [7, 11) is 2.00. The number of likely N-dealkylation sites (tertiary alicyclic amines) is 2. The first-order chi connectivity index (χ1) is 10.7. The van der Waals surface area contributed by atoms with Gasteiger partial charge in [-0.1, -0.05) is 36.4 Å². The molecule has 0 aliphatic carbocycles. The zero-order valence-corrected chi connectivity index (χ0v) is 13.5. The normalized spacial score (nSPS) is 24.9. The van der Waals surface area contributed by atoms with E-state index in [1.54, 1.807) is 0 Å². The molecule has 2 heterocycles. The van der Waals surface area contributed by atoms with Crippen molar-refractivity contribution in [2.24, 2.45) is 0 Å². The Hall–Kier alpha value is -1.61. The van der Waals surface area contributed by atoms with Crippen LogP contribution in [-0.2, 0) is 4.79 Å². The number of piperidine rings is 1. The Labute approximate surface area is 133 Å². The summed E-state index contributed by atoms with van der Waals surface area (Å²) in [5.74, 6) is 0.344. The van der Waals surface area contributed by atoms with Crippen LogP contribution in [0, 0.1) is 0 Å². The van der Waals surface area contributed by atoms with Gasteiger partial charge in [0.2, 0.25) is 5.91 Å². The molecule has 1 atom stereocenters. The summed E-state index contributed by atoms with van der Waals surface area (Å²) in [5.41, 5.74) is 1.24. The second-order valence-corrected chi connectivity index (χ2v) is 6.71. The molecule has 2 saturated heterocycles. The summed E-state index contributed by atoms with van der Waals surface area (Å²) in [6, 6.07) is 10.3. The summed E-state index contributed by atoms with van der Waals surface area (Å²) in [5, 5.41) is 0. The minimum Gasteiger partial charge on any atom is -0.339 e. The first kappa shape index (κ1) is 15.3. The van der Waals surface area contributed by atoms with Crippen LogP contribution in [0.1, 0.15) is 37.2 Å². The average molecular weight is 298 g/mol. The molecule has 118 valence electrons. The molecule has 0 aromatic heterocycles. The first-order valence-corrected chi connectivity index (χ1v) is 8.32. The number of likely N-dealkylation sites (N-methyl/N-ethyl adjacent to an activating group) is 1. The molecule has 0 saturated carbocycles. The molecule has 22 heavy (non-hydrogen) atoms. The lowest BCUT2D eigenvalue weighted by atomic mass is 9.81. The summed E-state index contributed by atoms with van der Waals surface area (Å²) in [4.78, 5) is 17.3. The van der Waals surface area contributed by atoms with Gasteiger partial charge in [-0.2, -0.15) is 0 Å². The van der Waals surface area contributed by atoms with Gasteiger partial charge in [-0.05, 0) is 31.2 Å². The third kappa shape index (κ3) is 2.70. The molecule has 3 nitrogen and oxygen atoms in total. The van der Waals surface area contributed by atoms with Crippen molar-refractivity contribution >= 4 is 5.91 Å². The standard InChI is InChI=1S/C19H26N2O/c1-3-4-12-21-13-10-19(11-14-21)15-17(18(22)20(19)2)16-8-6-5-7-9-16/h3,5-9,17H,1,4,10-15H2,2H3/t17-/m0/s1.